The van der Waals surface area contributed by atoms with Gasteiger partial charge in [-0.15, -0.1) is 11.3 Å². The maximum Gasteiger partial charge on any atom is 0.189 e. The van der Waals surface area contributed by atoms with Gasteiger partial charge in [0, 0.05) is 10.9 Å². The summed E-state index contributed by atoms with van der Waals surface area (Å²) in [6.45, 7) is 6.45. The number of aryl methyl sites for hydroxylation is 1. The molecule has 1 aliphatic rings. The first-order chi connectivity index (χ1) is 8.04. The van der Waals surface area contributed by atoms with E-state index in [9.17, 15) is 0 Å². The van der Waals surface area contributed by atoms with Crippen molar-refractivity contribution >= 4 is 33.8 Å². The molecule has 1 aliphatic carbocycles. The maximum atomic E-state index is 5.22. The number of fused-ring (bicyclic) bond motifs is 1. The first-order valence-corrected chi connectivity index (χ1v) is 7.33. The summed E-state index contributed by atoms with van der Waals surface area (Å²) >= 11 is 6.97. The lowest BCUT2D eigenvalue weighted by Crippen LogP contribution is -2.33. The van der Waals surface area contributed by atoms with E-state index in [0.717, 1.165) is 17.5 Å². The molecule has 1 unspecified atom stereocenters. The molecular formula is C12H19N3S2. The molecule has 5 heteroatoms. The Hall–Kier alpha value is -0.680. The van der Waals surface area contributed by atoms with Crippen LogP contribution in [0.25, 0.3) is 0 Å². The van der Waals surface area contributed by atoms with Gasteiger partial charge in [-0.05, 0) is 51.2 Å². The molecule has 0 aromatic carbocycles. The van der Waals surface area contributed by atoms with E-state index in [0.29, 0.717) is 11.2 Å². The fourth-order valence-electron chi connectivity index (χ4n) is 1.99. The quantitative estimate of drug-likeness (QED) is 0.809. The van der Waals surface area contributed by atoms with E-state index in [2.05, 4.69) is 36.4 Å². The lowest BCUT2D eigenvalue weighted by Gasteiger charge is -2.15. The van der Waals surface area contributed by atoms with Gasteiger partial charge in [-0.25, -0.2) is 4.98 Å². The van der Waals surface area contributed by atoms with Crippen molar-refractivity contribution in [2.75, 3.05) is 5.32 Å². The van der Waals surface area contributed by atoms with E-state index in [4.69, 9.17) is 12.2 Å². The van der Waals surface area contributed by atoms with Crippen LogP contribution in [0, 0.1) is 5.92 Å². The number of aromatic nitrogens is 1. The van der Waals surface area contributed by atoms with Crippen LogP contribution in [0.1, 0.15) is 37.8 Å². The lowest BCUT2D eigenvalue weighted by atomic mass is 9.93. The summed E-state index contributed by atoms with van der Waals surface area (Å²) < 4.78 is 0. The molecule has 94 valence electrons. The number of anilines is 1. The van der Waals surface area contributed by atoms with Crippen molar-refractivity contribution in [3.8, 4) is 0 Å². The summed E-state index contributed by atoms with van der Waals surface area (Å²) in [4.78, 5) is 6.04. The van der Waals surface area contributed by atoms with Crippen molar-refractivity contribution in [3.63, 3.8) is 0 Å². The van der Waals surface area contributed by atoms with E-state index in [1.807, 2.05) is 0 Å². The van der Waals surface area contributed by atoms with E-state index in [1.54, 1.807) is 11.3 Å². The van der Waals surface area contributed by atoms with Gasteiger partial charge in [0.15, 0.2) is 10.2 Å². The highest BCUT2D eigenvalue weighted by Gasteiger charge is 2.19. The Balaban J connectivity index is 2.01. The predicted molar refractivity (Wildman–Crippen MR) is 77.8 cm³/mol. The molecule has 1 aromatic rings. The Morgan fingerprint density at radius 3 is 3.00 bits per heavy atom. The van der Waals surface area contributed by atoms with Crippen molar-refractivity contribution < 1.29 is 0 Å². The highest BCUT2D eigenvalue weighted by atomic mass is 32.1. The molecule has 0 amide bonds. The van der Waals surface area contributed by atoms with Crippen LogP contribution in [0.15, 0.2) is 0 Å². The zero-order valence-corrected chi connectivity index (χ0v) is 12.2. The monoisotopic (exact) mass is 269 g/mol. The second-order valence-corrected chi connectivity index (χ2v) is 6.48. The van der Waals surface area contributed by atoms with Crippen LogP contribution in [0.4, 0.5) is 5.13 Å². The number of nitrogens with one attached hydrogen (secondary N) is 2. The molecule has 1 atom stereocenters. The molecule has 3 nitrogen and oxygen atoms in total. The molecule has 0 fully saturated rings. The third-order valence-corrected chi connectivity index (χ3v) is 4.08. The van der Waals surface area contributed by atoms with Crippen LogP contribution < -0.4 is 10.6 Å². The van der Waals surface area contributed by atoms with E-state index >= 15 is 0 Å². The molecule has 0 saturated carbocycles. The molecular weight excluding hydrogens is 250 g/mol. The standard InChI is InChI=1S/C12H19N3S2/c1-7(2)13-11(16)15-12-14-9-5-4-8(3)6-10(9)17-12/h7-8H,4-6H2,1-3H3,(H2,13,14,15,16). The van der Waals surface area contributed by atoms with Crippen molar-refractivity contribution in [1.29, 1.82) is 0 Å². The Morgan fingerprint density at radius 1 is 1.53 bits per heavy atom. The highest BCUT2D eigenvalue weighted by molar-refractivity contribution is 7.80. The summed E-state index contributed by atoms with van der Waals surface area (Å²) in [6, 6.07) is 0.351. The van der Waals surface area contributed by atoms with Gasteiger partial charge in [-0.3, -0.25) is 0 Å². The van der Waals surface area contributed by atoms with Crippen molar-refractivity contribution in [3.05, 3.63) is 10.6 Å². The predicted octanol–water partition coefficient (Wildman–Crippen LogP) is 2.96. The van der Waals surface area contributed by atoms with Gasteiger partial charge in [0.2, 0.25) is 0 Å². The van der Waals surface area contributed by atoms with Gasteiger partial charge in [0.05, 0.1) is 5.69 Å². The van der Waals surface area contributed by atoms with Crippen LogP contribution >= 0.6 is 23.6 Å². The maximum absolute atomic E-state index is 5.22. The molecule has 0 spiro atoms. The summed E-state index contributed by atoms with van der Waals surface area (Å²) in [5.74, 6) is 0.788. The Bertz CT molecular complexity index is 412. The van der Waals surface area contributed by atoms with E-state index < -0.39 is 0 Å². The molecule has 2 N–H and O–H groups in total. The largest absolute Gasteiger partial charge is 0.360 e. The normalized spacial score (nSPS) is 18.9. The number of thiocarbonyl (C=S) groups is 1. The van der Waals surface area contributed by atoms with Crippen molar-refractivity contribution in [2.24, 2.45) is 5.92 Å². The van der Waals surface area contributed by atoms with Gasteiger partial charge in [0.1, 0.15) is 0 Å². The second kappa shape index (κ2) is 5.31. The summed E-state index contributed by atoms with van der Waals surface area (Å²) in [5.41, 5.74) is 1.27. The van der Waals surface area contributed by atoms with Crippen molar-refractivity contribution in [1.82, 2.24) is 10.3 Å². The van der Waals surface area contributed by atoms with Gasteiger partial charge in [0.25, 0.3) is 0 Å². The molecule has 1 heterocycles. The van der Waals surface area contributed by atoms with Gasteiger partial charge >= 0.3 is 0 Å². The van der Waals surface area contributed by atoms with Gasteiger partial charge in [-0.2, -0.15) is 0 Å². The summed E-state index contributed by atoms with van der Waals surface area (Å²) in [6.07, 6.45) is 3.53. The zero-order valence-electron chi connectivity index (χ0n) is 10.5. The summed E-state index contributed by atoms with van der Waals surface area (Å²) in [7, 11) is 0. The number of hydrogen-bond acceptors (Lipinski definition) is 3. The average molecular weight is 269 g/mol. The first kappa shape index (κ1) is 12.8. The zero-order chi connectivity index (χ0) is 12.4. The molecule has 0 bridgehead atoms. The lowest BCUT2D eigenvalue weighted by molar-refractivity contribution is 0.502. The third-order valence-electron chi connectivity index (χ3n) is 2.83. The number of nitrogens with zero attached hydrogens (tertiary/aromatic N) is 1. The van der Waals surface area contributed by atoms with Crippen LogP contribution in [0.3, 0.4) is 0 Å². The van der Waals surface area contributed by atoms with Crippen LogP contribution in [-0.2, 0) is 12.8 Å². The Kier molecular flexibility index (Phi) is 3.99. The van der Waals surface area contributed by atoms with Gasteiger partial charge in [-0.1, -0.05) is 6.92 Å². The first-order valence-electron chi connectivity index (χ1n) is 6.10. The number of hydrogen-bond donors (Lipinski definition) is 2. The third kappa shape index (κ3) is 3.39. The van der Waals surface area contributed by atoms with Crippen LogP contribution in [0.5, 0.6) is 0 Å². The average Bonchev–Trinajstić information content (AvgIpc) is 2.57. The van der Waals surface area contributed by atoms with E-state index in [1.165, 1.54) is 23.4 Å². The van der Waals surface area contributed by atoms with Gasteiger partial charge < -0.3 is 10.6 Å². The fourth-order valence-corrected chi connectivity index (χ4v) is 3.56. The minimum atomic E-state index is 0.351. The fraction of sp³-hybridized carbons (Fsp3) is 0.667. The molecule has 17 heavy (non-hydrogen) atoms. The Morgan fingerprint density at radius 2 is 2.29 bits per heavy atom. The Labute approximate surface area is 112 Å². The van der Waals surface area contributed by atoms with Crippen LogP contribution in [0.2, 0.25) is 0 Å². The highest BCUT2D eigenvalue weighted by Crippen LogP contribution is 2.31. The minimum Gasteiger partial charge on any atom is -0.360 e. The van der Waals surface area contributed by atoms with Crippen molar-refractivity contribution in [2.45, 2.75) is 46.1 Å². The molecule has 0 saturated heterocycles. The second-order valence-electron chi connectivity index (χ2n) is 4.99. The molecule has 0 radical (unpaired) electrons. The molecule has 2 rings (SSSR count). The topological polar surface area (TPSA) is 37.0 Å². The number of thiazole rings is 1. The smallest absolute Gasteiger partial charge is 0.189 e. The van der Waals surface area contributed by atoms with Crippen LogP contribution in [-0.4, -0.2) is 16.1 Å². The molecule has 1 aromatic heterocycles. The SMILES string of the molecule is CC1CCc2nc(NC(=S)NC(C)C)sc2C1. The number of rotatable bonds is 2. The molecule has 0 aliphatic heterocycles. The minimum absolute atomic E-state index is 0.351. The van der Waals surface area contributed by atoms with E-state index in [-0.39, 0.29) is 0 Å². The summed E-state index contributed by atoms with van der Waals surface area (Å²) in [5, 5.41) is 7.94.